The van der Waals surface area contributed by atoms with E-state index in [0.717, 1.165) is 35.9 Å². The van der Waals surface area contributed by atoms with Gasteiger partial charge in [0.1, 0.15) is 5.60 Å². The number of rotatable bonds is 4. The molecule has 5 nitrogen and oxygen atoms in total. The molecule has 1 aliphatic carbocycles. The Kier molecular flexibility index (Phi) is 5.72. The largest absolute Gasteiger partial charge is 0.373 e. The van der Waals surface area contributed by atoms with Gasteiger partial charge in [0.15, 0.2) is 11.6 Å². The van der Waals surface area contributed by atoms with Gasteiger partial charge in [-0.25, -0.2) is 4.98 Å². The standard InChI is InChI=1S/C23H26N4O.ClH/c1-28-23(19-11-6-12-20(23)15-24-14-19)18-10-5-9-17(13-18)22-25-21(26-27-22)16-7-3-2-4-8-16;/h2-5,7-10,13,19-20,24H,6,11-12,14-15H2,1H3,(H,25,26,27);1H. The molecule has 1 saturated heterocycles. The van der Waals surface area contributed by atoms with E-state index < -0.39 is 0 Å². The molecule has 2 aliphatic rings. The molecule has 1 aromatic heterocycles. The number of piperidine rings is 1. The number of hydrogen-bond acceptors (Lipinski definition) is 4. The van der Waals surface area contributed by atoms with E-state index in [4.69, 9.17) is 9.72 Å². The lowest BCUT2D eigenvalue weighted by molar-refractivity contribution is -0.144. The Hall–Kier alpha value is -2.21. The van der Waals surface area contributed by atoms with E-state index in [1.165, 1.54) is 24.8 Å². The predicted molar refractivity (Wildman–Crippen MR) is 117 cm³/mol. The molecule has 1 saturated carbocycles. The average Bonchev–Trinajstić information content (AvgIpc) is 3.24. The number of nitrogens with zero attached hydrogens (tertiary/aromatic N) is 2. The zero-order chi connectivity index (χ0) is 19.0. The normalized spacial score (nSPS) is 26.0. The summed E-state index contributed by atoms with van der Waals surface area (Å²) in [5.74, 6) is 2.53. The van der Waals surface area contributed by atoms with Crippen molar-refractivity contribution < 1.29 is 4.74 Å². The maximum atomic E-state index is 6.31. The number of H-pyrrole nitrogens is 1. The van der Waals surface area contributed by atoms with Crippen LogP contribution in [-0.4, -0.2) is 35.4 Å². The lowest BCUT2D eigenvalue weighted by Gasteiger charge is -2.52. The first kappa shape index (κ1) is 20.1. The van der Waals surface area contributed by atoms with Gasteiger partial charge in [0, 0.05) is 43.2 Å². The van der Waals surface area contributed by atoms with Gasteiger partial charge in [0.25, 0.3) is 0 Å². The first-order valence-electron chi connectivity index (χ1n) is 10.2. The van der Waals surface area contributed by atoms with Crippen LogP contribution in [-0.2, 0) is 10.3 Å². The van der Waals surface area contributed by atoms with Crippen LogP contribution in [0.2, 0.25) is 0 Å². The Labute approximate surface area is 177 Å². The van der Waals surface area contributed by atoms with Crippen molar-refractivity contribution in [3.63, 3.8) is 0 Å². The van der Waals surface area contributed by atoms with Gasteiger partial charge in [-0.2, -0.15) is 5.10 Å². The molecule has 2 fully saturated rings. The summed E-state index contributed by atoms with van der Waals surface area (Å²) >= 11 is 0. The van der Waals surface area contributed by atoms with Crippen molar-refractivity contribution in [2.75, 3.05) is 20.2 Å². The Morgan fingerprint density at radius 2 is 1.69 bits per heavy atom. The van der Waals surface area contributed by atoms with Gasteiger partial charge in [-0.15, -0.1) is 12.4 Å². The molecule has 0 radical (unpaired) electrons. The minimum absolute atomic E-state index is 0. The molecule has 2 atom stereocenters. The number of hydrogen-bond donors (Lipinski definition) is 2. The van der Waals surface area contributed by atoms with Gasteiger partial charge >= 0.3 is 0 Å². The zero-order valence-corrected chi connectivity index (χ0v) is 17.4. The van der Waals surface area contributed by atoms with Crippen LogP contribution in [0.5, 0.6) is 0 Å². The first-order valence-corrected chi connectivity index (χ1v) is 10.2. The third-order valence-corrected chi connectivity index (χ3v) is 6.54. The lowest BCUT2D eigenvalue weighted by Crippen LogP contribution is -2.57. The number of fused-ring (bicyclic) bond motifs is 2. The third-order valence-electron chi connectivity index (χ3n) is 6.54. The summed E-state index contributed by atoms with van der Waals surface area (Å²) < 4.78 is 6.31. The Morgan fingerprint density at radius 3 is 2.41 bits per heavy atom. The second kappa shape index (κ2) is 8.27. The SMILES string of the molecule is COC1(c2cccc(-c3n[nH]c(-c4ccccc4)n3)c2)C2CCCC1CNC2.Cl. The average molecular weight is 411 g/mol. The number of methoxy groups -OCH3 is 1. The van der Waals surface area contributed by atoms with Crippen molar-refractivity contribution in [2.45, 2.75) is 24.9 Å². The highest BCUT2D eigenvalue weighted by molar-refractivity contribution is 5.85. The summed E-state index contributed by atoms with van der Waals surface area (Å²) in [4.78, 5) is 4.74. The molecule has 2 N–H and O–H groups in total. The van der Waals surface area contributed by atoms with E-state index in [1.807, 2.05) is 37.4 Å². The highest BCUT2D eigenvalue weighted by atomic mass is 35.5. The van der Waals surface area contributed by atoms with Crippen LogP contribution in [0.25, 0.3) is 22.8 Å². The number of aromatic amines is 1. The molecule has 2 heterocycles. The number of benzene rings is 2. The summed E-state index contributed by atoms with van der Waals surface area (Å²) in [5, 5.41) is 11.2. The molecule has 0 spiro atoms. The number of aromatic nitrogens is 3. The molecule has 0 amide bonds. The van der Waals surface area contributed by atoms with Crippen LogP contribution in [0.4, 0.5) is 0 Å². The van der Waals surface area contributed by atoms with Gasteiger partial charge in [-0.05, 0) is 24.5 Å². The van der Waals surface area contributed by atoms with E-state index in [1.54, 1.807) is 0 Å². The van der Waals surface area contributed by atoms with Gasteiger partial charge in [0.2, 0.25) is 0 Å². The summed E-state index contributed by atoms with van der Waals surface area (Å²) in [5.41, 5.74) is 3.12. The second-order valence-corrected chi connectivity index (χ2v) is 7.93. The zero-order valence-electron chi connectivity index (χ0n) is 16.6. The van der Waals surface area contributed by atoms with Crippen LogP contribution in [0.15, 0.2) is 54.6 Å². The van der Waals surface area contributed by atoms with Crippen molar-refractivity contribution in [2.24, 2.45) is 11.8 Å². The third kappa shape index (κ3) is 3.37. The van der Waals surface area contributed by atoms with E-state index >= 15 is 0 Å². The topological polar surface area (TPSA) is 62.8 Å². The molecule has 6 heteroatoms. The maximum absolute atomic E-state index is 6.31. The van der Waals surface area contributed by atoms with Crippen LogP contribution in [0.1, 0.15) is 24.8 Å². The molecule has 1 aliphatic heterocycles. The number of ether oxygens (including phenoxy) is 1. The van der Waals surface area contributed by atoms with Gasteiger partial charge in [0.05, 0.1) is 0 Å². The Balaban J connectivity index is 0.00000205. The van der Waals surface area contributed by atoms with Crippen LogP contribution >= 0.6 is 12.4 Å². The molecule has 29 heavy (non-hydrogen) atoms. The van der Waals surface area contributed by atoms with Crippen LogP contribution < -0.4 is 5.32 Å². The fraction of sp³-hybridized carbons (Fsp3) is 0.391. The van der Waals surface area contributed by atoms with Crippen molar-refractivity contribution in [3.8, 4) is 22.8 Å². The van der Waals surface area contributed by atoms with E-state index in [0.29, 0.717) is 11.8 Å². The minimum Gasteiger partial charge on any atom is -0.373 e. The van der Waals surface area contributed by atoms with Crippen molar-refractivity contribution in [1.82, 2.24) is 20.5 Å². The van der Waals surface area contributed by atoms with Gasteiger partial charge in [-0.3, -0.25) is 5.10 Å². The molecule has 5 rings (SSSR count). The number of nitrogens with one attached hydrogen (secondary N) is 2. The molecule has 2 bridgehead atoms. The summed E-state index contributed by atoms with van der Waals surface area (Å²) in [6.45, 7) is 2.04. The monoisotopic (exact) mass is 410 g/mol. The highest BCUT2D eigenvalue weighted by Crippen LogP contribution is 2.50. The molecular formula is C23H27ClN4O. The summed E-state index contributed by atoms with van der Waals surface area (Å²) in [7, 11) is 1.88. The fourth-order valence-electron chi connectivity index (χ4n) is 5.25. The summed E-state index contributed by atoms with van der Waals surface area (Å²) in [6.07, 6.45) is 3.71. The molecule has 3 aromatic rings. The maximum Gasteiger partial charge on any atom is 0.181 e. The Bertz CT molecular complexity index is 936. The van der Waals surface area contributed by atoms with Gasteiger partial charge in [-0.1, -0.05) is 55.0 Å². The van der Waals surface area contributed by atoms with E-state index in [-0.39, 0.29) is 18.0 Å². The second-order valence-electron chi connectivity index (χ2n) is 7.93. The van der Waals surface area contributed by atoms with Crippen molar-refractivity contribution in [3.05, 3.63) is 60.2 Å². The molecular weight excluding hydrogens is 384 g/mol. The van der Waals surface area contributed by atoms with Crippen molar-refractivity contribution >= 4 is 12.4 Å². The summed E-state index contributed by atoms with van der Waals surface area (Å²) in [6, 6.07) is 18.8. The number of halogens is 1. The van der Waals surface area contributed by atoms with E-state index in [2.05, 4.69) is 39.8 Å². The highest BCUT2D eigenvalue weighted by Gasteiger charge is 2.51. The molecule has 2 aromatic carbocycles. The Morgan fingerprint density at radius 1 is 0.966 bits per heavy atom. The lowest BCUT2D eigenvalue weighted by atomic mass is 9.63. The van der Waals surface area contributed by atoms with Crippen molar-refractivity contribution in [1.29, 1.82) is 0 Å². The quantitative estimate of drug-likeness (QED) is 0.668. The first-order chi connectivity index (χ1) is 13.8. The smallest absolute Gasteiger partial charge is 0.181 e. The molecule has 152 valence electrons. The van der Waals surface area contributed by atoms with Crippen LogP contribution in [0, 0.1) is 11.8 Å². The van der Waals surface area contributed by atoms with E-state index in [9.17, 15) is 0 Å². The fourth-order valence-corrected chi connectivity index (χ4v) is 5.25. The minimum atomic E-state index is -0.210. The molecule has 2 unspecified atom stereocenters. The van der Waals surface area contributed by atoms with Crippen LogP contribution in [0.3, 0.4) is 0 Å². The predicted octanol–water partition coefficient (Wildman–Crippen LogP) is 4.42. The van der Waals surface area contributed by atoms with Gasteiger partial charge < -0.3 is 10.1 Å².